The smallest absolute Gasteiger partial charge is 0.326 e. The van der Waals surface area contributed by atoms with Gasteiger partial charge >= 0.3 is 5.97 Å². The van der Waals surface area contributed by atoms with Crippen molar-refractivity contribution in [2.75, 3.05) is 7.05 Å². The van der Waals surface area contributed by atoms with Crippen molar-refractivity contribution in [1.29, 1.82) is 0 Å². The summed E-state index contributed by atoms with van der Waals surface area (Å²) in [7, 11) is 1.50. The molecule has 1 aliphatic carbocycles. The highest BCUT2D eigenvalue weighted by Gasteiger charge is 2.39. The topological polar surface area (TPSA) is 113 Å². The molecule has 162 valence electrons. The fourth-order valence-corrected chi connectivity index (χ4v) is 3.82. The number of carbonyl (C=O) groups excluding carboxylic acids is 2. The molecule has 0 aromatic heterocycles. The maximum Gasteiger partial charge on any atom is 0.326 e. The predicted octanol–water partition coefficient (Wildman–Crippen LogP) is 2.38. The second-order valence-electron chi connectivity index (χ2n) is 9.66. The number of aliphatic carboxylic acids is 1. The lowest BCUT2D eigenvalue weighted by Gasteiger charge is -2.37. The molecule has 1 saturated carbocycles. The average Bonchev–Trinajstić information content (AvgIpc) is 2.61. The van der Waals surface area contributed by atoms with Gasteiger partial charge in [0.15, 0.2) is 0 Å². The Balaban J connectivity index is 2.95. The Labute approximate surface area is 169 Å². The summed E-state index contributed by atoms with van der Waals surface area (Å²) in [4.78, 5) is 38.9. The van der Waals surface area contributed by atoms with Gasteiger partial charge in [-0.2, -0.15) is 0 Å². The lowest BCUT2D eigenvalue weighted by Crippen LogP contribution is -2.60. The summed E-state index contributed by atoms with van der Waals surface area (Å²) in [6, 6.07) is -2.41. The molecule has 7 heteroatoms. The van der Waals surface area contributed by atoms with Crippen LogP contribution in [0.1, 0.15) is 73.1 Å². The molecule has 4 N–H and O–H groups in total. The first-order valence-corrected chi connectivity index (χ1v) is 10.4. The van der Waals surface area contributed by atoms with Crippen LogP contribution in [-0.4, -0.2) is 53.0 Å². The first kappa shape index (κ1) is 24.4. The molecule has 0 spiro atoms. The number of nitrogens with two attached hydrogens (primary N) is 1. The monoisotopic (exact) mass is 397 g/mol. The zero-order valence-corrected chi connectivity index (χ0v) is 18.3. The quantitative estimate of drug-likeness (QED) is 0.582. The van der Waals surface area contributed by atoms with Crippen molar-refractivity contribution in [2.45, 2.75) is 91.3 Å². The van der Waals surface area contributed by atoms with Crippen molar-refractivity contribution in [1.82, 2.24) is 10.2 Å². The molecule has 0 unspecified atom stereocenters. The highest BCUT2D eigenvalue weighted by Crippen LogP contribution is 2.27. The van der Waals surface area contributed by atoms with E-state index >= 15 is 0 Å². The summed E-state index contributed by atoms with van der Waals surface area (Å²) in [5.41, 5.74) is 5.63. The summed E-state index contributed by atoms with van der Waals surface area (Å²) in [6.07, 6.45) is 5.53. The third-order valence-corrected chi connectivity index (χ3v) is 5.65. The van der Waals surface area contributed by atoms with Crippen molar-refractivity contribution in [3.05, 3.63) is 0 Å². The first-order chi connectivity index (χ1) is 12.9. The summed E-state index contributed by atoms with van der Waals surface area (Å²) < 4.78 is 0. The maximum atomic E-state index is 13.2. The lowest BCUT2D eigenvalue weighted by atomic mass is 9.82. The Morgan fingerprint density at radius 2 is 1.68 bits per heavy atom. The van der Waals surface area contributed by atoms with Gasteiger partial charge in [-0.05, 0) is 36.5 Å². The second kappa shape index (κ2) is 10.2. The molecule has 28 heavy (non-hydrogen) atoms. The van der Waals surface area contributed by atoms with E-state index in [1.54, 1.807) is 0 Å². The first-order valence-electron chi connectivity index (χ1n) is 10.4. The standard InChI is InChI=1S/C21H39N3O4/c1-13(2)12-15(20(27)28)24(6)19(26)17(21(3,4)5)23-18(25)16(22)14-10-8-7-9-11-14/h13-17H,7-12,22H2,1-6H3,(H,23,25)(H,27,28)/t15-,16-,17+/m1/s1. The fraction of sp³-hybridized carbons (Fsp3) is 0.857. The number of hydrogen-bond acceptors (Lipinski definition) is 4. The molecule has 0 aromatic rings. The highest BCUT2D eigenvalue weighted by molar-refractivity contribution is 5.92. The average molecular weight is 398 g/mol. The molecule has 0 radical (unpaired) electrons. The van der Waals surface area contributed by atoms with Crippen LogP contribution in [0.25, 0.3) is 0 Å². The molecule has 0 aliphatic heterocycles. The van der Waals surface area contributed by atoms with Crippen molar-refractivity contribution >= 4 is 17.8 Å². The third kappa shape index (κ3) is 6.76. The molecule has 7 nitrogen and oxygen atoms in total. The Morgan fingerprint density at radius 3 is 2.11 bits per heavy atom. The van der Waals surface area contributed by atoms with E-state index in [-0.39, 0.29) is 17.7 Å². The minimum absolute atomic E-state index is 0.124. The molecular formula is C21H39N3O4. The van der Waals surface area contributed by atoms with Gasteiger partial charge in [0.05, 0.1) is 6.04 Å². The van der Waals surface area contributed by atoms with Gasteiger partial charge in [-0.15, -0.1) is 0 Å². The van der Waals surface area contributed by atoms with E-state index < -0.39 is 35.4 Å². The number of rotatable bonds is 8. The van der Waals surface area contributed by atoms with Gasteiger partial charge in [-0.3, -0.25) is 9.59 Å². The van der Waals surface area contributed by atoms with E-state index in [1.807, 2.05) is 34.6 Å². The number of amides is 2. The van der Waals surface area contributed by atoms with Crippen LogP contribution in [0.3, 0.4) is 0 Å². The van der Waals surface area contributed by atoms with E-state index in [1.165, 1.54) is 18.4 Å². The molecule has 2 amide bonds. The molecule has 1 aliphatic rings. The molecular weight excluding hydrogens is 358 g/mol. The van der Waals surface area contributed by atoms with Crippen LogP contribution in [0.5, 0.6) is 0 Å². The van der Waals surface area contributed by atoms with Crippen LogP contribution < -0.4 is 11.1 Å². The summed E-state index contributed by atoms with van der Waals surface area (Å²) in [6.45, 7) is 9.40. The van der Waals surface area contributed by atoms with Crippen molar-refractivity contribution in [2.24, 2.45) is 23.0 Å². The van der Waals surface area contributed by atoms with Gasteiger partial charge in [-0.25, -0.2) is 4.79 Å². The minimum Gasteiger partial charge on any atom is -0.480 e. The number of carboxylic acids is 1. The third-order valence-electron chi connectivity index (χ3n) is 5.65. The predicted molar refractivity (Wildman–Crippen MR) is 110 cm³/mol. The molecule has 3 atom stereocenters. The zero-order chi connectivity index (χ0) is 21.6. The molecule has 0 bridgehead atoms. The summed E-state index contributed by atoms with van der Waals surface area (Å²) in [5, 5.41) is 12.4. The van der Waals surface area contributed by atoms with Gasteiger partial charge < -0.3 is 21.1 Å². The van der Waals surface area contributed by atoms with Crippen LogP contribution >= 0.6 is 0 Å². The minimum atomic E-state index is -1.04. The van der Waals surface area contributed by atoms with Crippen molar-refractivity contribution < 1.29 is 19.5 Å². The number of carbonyl (C=O) groups is 3. The van der Waals surface area contributed by atoms with Gasteiger partial charge in [0, 0.05) is 7.05 Å². The van der Waals surface area contributed by atoms with E-state index in [9.17, 15) is 19.5 Å². The number of nitrogens with one attached hydrogen (secondary N) is 1. The van der Waals surface area contributed by atoms with Gasteiger partial charge in [0.25, 0.3) is 0 Å². The molecule has 0 saturated heterocycles. The number of nitrogens with zero attached hydrogens (tertiary/aromatic N) is 1. The Bertz CT molecular complexity index is 550. The molecule has 0 heterocycles. The number of likely N-dealkylation sites (N-methyl/N-ethyl adjacent to an activating group) is 1. The largest absolute Gasteiger partial charge is 0.480 e. The van der Waals surface area contributed by atoms with Crippen LogP contribution in [0, 0.1) is 17.3 Å². The SMILES string of the molecule is CC(C)C[C@H](C(=O)O)N(C)C(=O)[C@H](NC(=O)[C@H](N)C1CCCCC1)C(C)(C)C. The molecule has 1 fully saturated rings. The maximum absolute atomic E-state index is 13.2. The van der Waals surface area contributed by atoms with E-state index in [0.717, 1.165) is 25.7 Å². The van der Waals surface area contributed by atoms with Gasteiger partial charge in [0.1, 0.15) is 12.1 Å². The second-order valence-corrected chi connectivity index (χ2v) is 9.66. The number of carboxylic acid groups (broad SMARTS) is 1. The van der Waals surface area contributed by atoms with Crippen LogP contribution in [0.4, 0.5) is 0 Å². The van der Waals surface area contributed by atoms with Crippen molar-refractivity contribution in [3.63, 3.8) is 0 Å². The number of hydrogen-bond donors (Lipinski definition) is 3. The Kier molecular flexibility index (Phi) is 8.92. The summed E-state index contributed by atoms with van der Waals surface area (Å²) >= 11 is 0. The normalized spacial score (nSPS) is 19.0. The van der Waals surface area contributed by atoms with E-state index in [4.69, 9.17) is 5.73 Å². The van der Waals surface area contributed by atoms with Crippen LogP contribution in [-0.2, 0) is 14.4 Å². The fourth-order valence-electron chi connectivity index (χ4n) is 3.82. The van der Waals surface area contributed by atoms with Gasteiger partial charge in [0.2, 0.25) is 11.8 Å². The molecule has 1 rings (SSSR count). The summed E-state index contributed by atoms with van der Waals surface area (Å²) in [5.74, 6) is -1.51. The molecule has 0 aromatic carbocycles. The zero-order valence-electron chi connectivity index (χ0n) is 18.3. The van der Waals surface area contributed by atoms with Crippen LogP contribution in [0.15, 0.2) is 0 Å². The lowest BCUT2D eigenvalue weighted by molar-refractivity contribution is -0.152. The van der Waals surface area contributed by atoms with Gasteiger partial charge in [-0.1, -0.05) is 53.9 Å². The van der Waals surface area contributed by atoms with E-state index in [2.05, 4.69) is 5.32 Å². The highest BCUT2D eigenvalue weighted by atomic mass is 16.4. The van der Waals surface area contributed by atoms with E-state index in [0.29, 0.717) is 6.42 Å². The Hall–Kier alpha value is -1.63. The Morgan fingerprint density at radius 1 is 1.14 bits per heavy atom. The van der Waals surface area contributed by atoms with Crippen molar-refractivity contribution in [3.8, 4) is 0 Å². The van der Waals surface area contributed by atoms with Crippen LogP contribution in [0.2, 0.25) is 0 Å².